The van der Waals surface area contributed by atoms with E-state index in [2.05, 4.69) is 16.0 Å². The molecule has 0 saturated heterocycles. The Morgan fingerprint density at radius 2 is 1.57 bits per heavy atom. The van der Waals surface area contributed by atoms with Crippen LogP contribution in [0.5, 0.6) is 5.75 Å². The molecule has 1 atom stereocenters. The smallest absolute Gasteiger partial charge is 0.329 e. The SMILES string of the molecule is CC(C)[C@H](NC(=O)Nc1ccccc1)C(=O)OCC(=O)NCCOc1ccccc1. The van der Waals surface area contributed by atoms with Crippen molar-refractivity contribution < 1.29 is 23.9 Å². The first-order chi connectivity index (χ1) is 14.5. The molecule has 0 aliphatic carbocycles. The highest BCUT2D eigenvalue weighted by Crippen LogP contribution is 2.08. The van der Waals surface area contributed by atoms with E-state index in [1.165, 1.54) is 0 Å². The summed E-state index contributed by atoms with van der Waals surface area (Å²) in [7, 11) is 0. The number of para-hydroxylation sites is 2. The molecule has 0 spiro atoms. The summed E-state index contributed by atoms with van der Waals surface area (Å²) in [5.74, 6) is -0.640. The van der Waals surface area contributed by atoms with E-state index in [1.54, 1.807) is 38.1 Å². The second kappa shape index (κ2) is 12.1. The first-order valence-corrected chi connectivity index (χ1v) is 9.69. The van der Waals surface area contributed by atoms with Crippen LogP contribution < -0.4 is 20.7 Å². The molecule has 0 aromatic heterocycles. The quantitative estimate of drug-likeness (QED) is 0.410. The maximum atomic E-state index is 12.3. The van der Waals surface area contributed by atoms with Gasteiger partial charge in [0.15, 0.2) is 6.61 Å². The van der Waals surface area contributed by atoms with Crippen LogP contribution in [0.1, 0.15) is 13.8 Å². The van der Waals surface area contributed by atoms with Crippen molar-refractivity contribution in [2.45, 2.75) is 19.9 Å². The maximum absolute atomic E-state index is 12.3. The van der Waals surface area contributed by atoms with Gasteiger partial charge in [0.1, 0.15) is 18.4 Å². The van der Waals surface area contributed by atoms with Crippen molar-refractivity contribution in [3.8, 4) is 5.75 Å². The van der Waals surface area contributed by atoms with Crippen molar-refractivity contribution in [2.75, 3.05) is 25.1 Å². The fraction of sp³-hybridized carbons (Fsp3) is 0.318. The third kappa shape index (κ3) is 8.22. The van der Waals surface area contributed by atoms with Gasteiger partial charge in [0.2, 0.25) is 0 Å². The predicted octanol–water partition coefficient (Wildman–Crippen LogP) is 2.57. The lowest BCUT2D eigenvalue weighted by Gasteiger charge is -2.21. The average Bonchev–Trinajstić information content (AvgIpc) is 2.74. The van der Waals surface area contributed by atoms with Gasteiger partial charge in [-0.3, -0.25) is 4.79 Å². The first kappa shape index (κ1) is 22.7. The number of esters is 1. The third-order valence-corrected chi connectivity index (χ3v) is 4.02. The fourth-order valence-electron chi connectivity index (χ4n) is 2.48. The molecule has 0 aliphatic rings. The highest BCUT2D eigenvalue weighted by molar-refractivity contribution is 5.93. The molecule has 0 saturated carbocycles. The van der Waals surface area contributed by atoms with Crippen LogP contribution in [0, 0.1) is 5.92 Å². The normalized spacial score (nSPS) is 11.3. The minimum Gasteiger partial charge on any atom is -0.492 e. The Morgan fingerprint density at radius 3 is 2.20 bits per heavy atom. The zero-order valence-corrected chi connectivity index (χ0v) is 17.1. The monoisotopic (exact) mass is 413 g/mol. The number of hydrogen-bond donors (Lipinski definition) is 3. The second-order valence-electron chi connectivity index (χ2n) is 6.81. The second-order valence-corrected chi connectivity index (χ2v) is 6.81. The first-order valence-electron chi connectivity index (χ1n) is 9.69. The number of urea groups is 1. The van der Waals surface area contributed by atoms with E-state index in [1.807, 2.05) is 36.4 Å². The van der Waals surface area contributed by atoms with E-state index in [4.69, 9.17) is 9.47 Å². The summed E-state index contributed by atoms with van der Waals surface area (Å²) in [6.45, 7) is 3.68. The number of hydrogen-bond acceptors (Lipinski definition) is 5. The van der Waals surface area contributed by atoms with Crippen LogP contribution in [-0.2, 0) is 14.3 Å². The molecule has 2 aromatic rings. The van der Waals surface area contributed by atoms with Crippen LogP contribution in [0.2, 0.25) is 0 Å². The largest absolute Gasteiger partial charge is 0.492 e. The highest BCUT2D eigenvalue weighted by Gasteiger charge is 2.26. The standard InChI is InChI=1S/C22H27N3O5/c1-16(2)20(25-22(28)24-17-9-5-3-6-10-17)21(27)30-15-19(26)23-13-14-29-18-11-7-4-8-12-18/h3-12,16,20H,13-15H2,1-2H3,(H,23,26)(H2,24,25,28)/t20-/m0/s1. The molecule has 160 valence electrons. The van der Waals surface area contributed by atoms with Crippen molar-refractivity contribution in [2.24, 2.45) is 5.92 Å². The van der Waals surface area contributed by atoms with E-state index < -0.39 is 30.6 Å². The summed E-state index contributed by atoms with van der Waals surface area (Å²) in [5, 5.41) is 7.84. The minimum absolute atomic E-state index is 0.221. The van der Waals surface area contributed by atoms with Crippen molar-refractivity contribution >= 4 is 23.6 Å². The van der Waals surface area contributed by atoms with E-state index in [0.29, 0.717) is 18.0 Å². The van der Waals surface area contributed by atoms with Crippen molar-refractivity contribution in [3.05, 3.63) is 60.7 Å². The van der Waals surface area contributed by atoms with Gasteiger partial charge in [0, 0.05) is 5.69 Å². The van der Waals surface area contributed by atoms with Crippen LogP contribution in [0.3, 0.4) is 0 Å². The Morgan fingerprint density at radius 1 is 0.933 bits per heavy atom. The molecule has 3 amide bonds. The lowest BCUT2D eigenvalue weighted by atomic mass is 10.1. The van der Waals surface area contributed by atoms with Crippen molar-refractivity contribution in [1.29, 1.82) is 0 Å². The minimum atomic E-state index is -0.886. The van der Waals surface area contributed by atoms with E-state index >= 15 is 0 Å². The van der Waals surface area contributed by atoms with E-state index in [0.717, 1.165) is 0 Å². The lowest BCUT2D eigenvalue weighted by Crippen LogP contribution is -2.47. The van der Waals surface area contributed by atoms with Gasteiger partial charge in [-0.05, 0) is 30.2 Å². The van der Waals surface area contributed by atoms with Gasteiger partial charge >= 0.3 is 12.0 Å². The summed E-state index contributed by atoms with van der Waals surface area (Å²) >= 11 is 0. The number of ether oxygens (including phenoxy) is 2. The van der Waals surface area contributed by atoms with E-state index in [-0.39, 0.29) is 12.5 Å². The number of benzene rings is 2. The van der Waals surface area contributed by atoms with Crippen LogP contribution in [0.25, 0.3) is 0 Å². The molecule has 0 bridgehead atoms. The van der Waals surface area contributed by atoms with Crippen LogP contribution >= 0.6 is 0 Å². The van der Waals surface area contributed by atoms with Gasteiger partial charge in [-0.1, -0.05) is 50.2 Å². The molecular formula is C22H27N3O5. The fourth-order valence-corrected chi connectivity index (χ4v) is 2.48. The molecule has 2 aromatic carbocycles. The lowest BCUT2D eigenvalue weighted by molar-refractivity contribution is -0.151. The summed E-state index contributed by atoms with van der Waals surface area (Å²) in [6, 6.07) is 16.7. The Hall–Kier alpha value is -3.55. The van der Waals surface area contributed by atoms with Crippen LogP contribution in [0.15, 0.2) is 60.7 Å². The molecule has 0 aliphatic heterocycles. The van der Waals surface area contributed by atoms with Crippen molar-refractivity contribution in [3.63, 3.8) is 0 Å². The highest BCUT2D eigenvalue weighted by atomic mass is 16.5. The summed E-state index contributed by atoms with van der Waals surface area (Å²) < 4.78 is 10.5. The molecule has 8 nitrogen and oxygen atoms in total. The summed E-state index contributed by atoms with van der Waals surface area (Å²) in [5.41, 5.74) is 0.600. The topological polar surface area (TPSA) is 106 Å². The van der Waals surface area contributed by atoms with Gasteiger partial charge in [0.05, 0.1) is 6.54 Å². The predicted molar refractivity (Wildman–Crippen MR) is 113 cm³/mol. The number of amides is 3. The van der Waals surface area contributed by atoms with Gasteiger partial charge < -0.3 is 25.4 Å². The van der Waals surface area contributed by atoms with Gasteiger partial charge in [-0.15, -0.1) is 0 Å². The Kier molecular flexibility index (Phi) is 9.18. The molecule has 2 rings (SSSR count). The van der Waals surface area contributed by atoms with E-state index in [9.17, 15) is 14.4 Å². The van der Waals surface area contributed by atoms with Gasteiger partial charge in [-0.25, -0.2) is 9.59 Å². The van der Waals surface area contributed by atoms with Crippen LogP contribution in [-0.4, -0.2) is 43.7 Å². The molecule has 30 heavy (non-hydrogen) atoms. The maximum Gasteiger partial charge on any atom is 0.329 e. The molecule has 0 radical (unpaired) electrons. The van der Waals surface area contributed by atoms with Gasteiger partial charge in [-0.2, -0.15) is 0 Å². The van der Waals surface area contributed by atoms with Crippen LogP contribution in [0.4, 0.5) is 10.5 Å². The Labute approximate surface area is 175 Å². The zero-order chi connectivity index (χ0) is 21.8. The zero-order valence-electron chi connectivity index (χ0n) is 17.1. The van der Waals surface area contributed by atoms with Gasteiger partial charge in [0.25, 0.3) is 5.91 Å². The number of nitrogens with one attached hydrogen (secondary N) is 3. The number of carbonyl (C=O) groups is 3. The number of anilines is 1. The number of rotatable bonds is 10. The molecule has 8 heteroatoms. The Balaban J connectivity index is 1.70. The molecule has 0 unspecified atom stereocenters. The molecule has 3 N–H and O–H groups in total. The molecule has 0 heterocycles. The number of carbonyl (C=O) groups excluding carboxylic acids is 3. The molecule has 0 fully saturated rings. The summed E-state index contributed by atoms with van der Waals surface area (Å²) in [4.78, 5) is 36.3. The Bertz CT molecular complexity index is 812. The third-order valence-electron chi connectivity index (χ3n) is 4.02. The van der Waals surface area contributed by atoms with Crippen molar-refractivity contribution in [1.82, 2.24) is 10.6 Å². The summed E-state index contributed by atoms with van der Waals surface area (Å²) in [6.07, 6.45) is 0. The average molecular weight is 413 g/mol. The molecular weight excluding hydrogens is 386 g/mol.